The maximum absolute atomic E-state index is 11.6. The lowest BCUT2D eigenvalue weighted by Gasteiger charge is -2.12. The average Bonchev–Trinajstić information content (AvgIpc) is 3.22. The number of amides is 2. The van der Waals surface area contributed by atoms with Gasteiger partial charge in [-0.05, 0) is 43.4 Å². The SMILES string of the molecule is C1=CCCC1.CCc1cccc(NC(=O)C(OC)C(N)=O)c1.COC(C)=O. The molecule has 0 aliphatic heterocycles. The minimum atomic E-state index is -1.26. The van der Waals surface area contributed by atoms with Gasteiger partial charge in [-0.1, -0.05) is 31.2 Å². The molecule has 0 saturated heterocycles. The number of carbonyl (C=O) groups excluding carboxylic acids is 3. The summed E-state index contributed by atoms with van der Waals surface area (Å²) in [5.41, 5.74) is 6.75. The lowest BCUT2D eigenvalue weighted by molar-refractivity contribution is -0.139. The molecule has 1 aliphatic rings. The number of hydrogen-bond acceptors (Lipinski definition) is 5. The molecule has 0 bridgehead atoms. The molecule has 7 nitrogen and oxygen atoms in total. The van der Waals surface area contributed by atoms with Crippen LogP contribution in [-0.2, 0) is 30.3 Å². The van der Waals surface area contributed by atoms with E-state index in [0.717, 1.165) is 12.0 Å². The predicted octanol–water partition coefficient (Wildman–Crippen LogP) is 2.59. The second-order valence-corrected chi connectivity index (χ2v) is 5.66. The number of primary amides is 1. The summed E-state index contributed by atoms with van der Waals surface area (Å²) in [6, 6.07) is 7.37. The molecule has 2 amide bonds. The second kappa shape index (κ2) is 14.5. The van der Waals surface area contributed by atoms with E-state index in [-0.39, 0.29) is 5.97 Å². The van der Waals surface area contributed by atoms with Crippen molar-refractivity contribution >= 4 is 23.5 Å². The number of ether oxygens (including phenoxy) is 2. The number of benzene rings is 1. The molecule has 1 aromatic rings. The van der Waals surface area contributed by atoms with Crippen LogP contribution in [-0.4, -0.2) is 38.1 Å². The molecule has 1 aromatic carbocycles. The third-order valence-electron chi connectivity index (χ3n) is 3.53. The number of esters is 1. The van der Waals surface area contributed by atoms with Crippen LogP contribution in [0, 0.1) is 0 Å². The van der Waals surface area contributed by atoms with Crippen molar-refractivity contribution in [3.05, 3.63) is 42.0 Å². The van der Waals surface area contributed by atoms with E-state index in [1.165, 1.54) is 40.4 Å². The Balaban J connectivity index is 0.000000548. The van der Waals surface area contributed by atoms with E-state index in [2.05, 4.69) is 22.2 Å². The van der Waals surface area contributed by atoms with Gasteiger partial charge in [0.05, 0.1) is 7.11 Å². The van der Waals surface area contributed by atoms with Crippen molar-refractivity contribution in [2.45, 2.75) is 45.6 Å². The Hall–Kier alpha value is -2.67. The minimum absolute atomic E-state index is 0.245. The smallest absolute Gasteiger partial charge is 0.302 e. The Labute approximate surface area is 160 Å². The summed E-state index contributed by atoms with van der Waals surface area (Å²) >= 11 is 0. The maximum atomic E-state index is 11.6. The Bertz CT molecular complexity index is 623. The van der Waals surface area contributed by atoms with Crippen molar-refractivity contribution in [2.24, 2.45) is 5.73 Å². The molecule has 1 atom stereocenters. The van der Waals surface area contributed by atoms with E-state index in [0.29, 0.717) is 5.69 Å². The Kier molecular flexibility index (Phi) is 13.1. The summed E-state index contributed by atoms with van der Waals surface area (Å²) in [7, 11) is 2.61. The van der Waals surface area contributed by atoms with E-state index in [1.54, 1.807) is 6.07 Å². The lowest BCUT2D eigenvalue weighted by atomic mass is 10.1. The van der Waals surface area contributed by atoms with Gasteiger partial charge in [0, 0.05) is 19.7 Å². The molecule has 0 aromatic heterocycles. The number of rotatable bonds is 5. The van der Waals surface area contributed by atoms with Crippen molar-refractivity contribution < 1.29 is 23.9 Å². The van der Waals surface area contributed by atoms with Crippen LogP contribution in [0.1, 0.15) is 38.7 Å². The third-order valence-corrected chi connectivity index (χ3v) is 3.53. The number of aryl methyl sites for hydroxylation is 1. The summed E-state index contributed by atoms with van der Waals surface area (Å²) in [4.78, 5) is 32.2. The number of nitrogens with two attached hydrogens (primary N) is 1. The zero-order valence-electron chi connectivity index (χ0n) is 16.5. The molecule has 0 spiro atoms. The van der Waals surface area contributed by atoms with E-state index in [9.17, 15) is 14.4 Å². The summed E-state index contributed by atoms with van der Waals surface area (Å²) in [5, 5.41) is 2.58. The first-order valence-corrected chi connectivity index (χ1v) is 8.77. The summed E-state index contributed by atoms with van der Waals surface area (Å²) in [5.74, 6) is -1.62. The zero-order valence-corrected chi connectivity index (χ0v) is 16.5. The van der Waals surface area contributed by atoms with E-state index >= 15 is 0 Å². The fraction of sp³-hybridized carbons (Fsp3) is 0.450. The molecule has 1 aliphatic carbocycles. The topological polar surface area (TPSA) is 108 Å². The number of anilines is 1. The van der Waals surface area contributed by atoms with Crippen molar-refractivity contribution in [1.29, 1.82) is 0 Å². The third kappa shape index (κ3) is 11.5. The Morgan fingerprint density at radius 2 is 1.78 bits per heavy atom. The number of hydrogen-bond donors (Lipinski definition) is 2. The van der Waals surface area contributed by atoms with E-state index in [4.69, 9.17) is 10.5 Å². The average molecular weight is 378 g/mol. The first-order chi connectivity index (χ1) is 12.8. The van der Waals surface area contributed by atoms with Crippen LogP contribution < -0.4 is 11.1 Å². The van der Waals surface area contributed by atoms with Crippen molar-refractivity contribution in [1.82, 2.24) is 0 Å². The van der Waals surface area contributed by atoms with E-state index in [1.807, 2.05) is 25.1 Å². The normalized spacial score (nSPS) is 12.6. The lowest BCUT2D eigenvalue weighted by Crippen LogP contribution is -2.40. The molecule has 3 N–H and O–H groups in total. The molecule has 0 fully saturated rings. The highest BCUT2D eigenvalue weighted by molar-refractivity contribution is 6.08. The fourth-order valence-electron chi connectivity index (χ4n) is 2.02. The standard InChI is InChI=1S/C12H16N2O3.C5H8.C3H6O2/c1-3-8-5-4-6-9(7-8)14-12(16)10(17-2)11(13)15;1-2-4-5-3-1;1-3(4)5-2/h4-7,10H,3H2,1-2H3,(H2,13,15)(H,14,16);1-2H,3-5H2;1-2H3. The van der Waals surface area contributed by atoms with Gasteiger partial charge in [0.15, 0.2) is 0 Å². The number of methoxy groups -OCH3 is 2. The van der Waals surface area contributed by atoms with Crippen LogP contribution in [0.3, 0.4) is 0 Å². The molecule has 150 valence electrons. The van der Waals surface area contributed by atoms with Gasteiger partial charge in [0.1, 0.15) is 0 Å². The quantitative estimate of drug-likeness (QED) is 0.465. The van der Waals surface area contributed by atoms with Gasteiger partial charge in [-0.2, -0.15) is 0 Å². The molecule has 2 rings (SSSR count). The van der Waals surface area contributed by atoms with Gasteiger partial charge in [0.25, 0.3) is 11.8 Å². The summed E-state index contributed by atoms with van der Waals surface area (Å²) in [6.07, 6.45) is 8.10. The Morgan fingerprint density at radius 3 is 2.15 bits per heavy atom. The van der Waals surface area contributed by atoms with Crippen LogP contribution in [0.15, 0.2) is 36.4 Å². The van der Waals surface area contributed by atoms with Crippen molar-refractivity contribution in [3.63, 3.8) is 0 Å². The highest BCUT2D eigenvalue weighted by atomic mass is 16.5. The molecule has 0 radical (unpaired) electrons. The van der Waals surface area contributed by atoms with Gasteiger partial charge in [-0.25, -0.2) is 0 Å². The van der Waals surface area contributed by atoms with Gasteiger partial charge >= 0.3 is 5.97 Å². The van der Waals surface area contributed by atoms with Crippen LogP contribution >= 0.6 is 0 Å². The molecule has 27 heavy (non-hydrogen) atoms. The molecule has 0 heterocycles. The summed E-state index contributed by atoms with van der Waals surface area (Å²) < 4.78 is 8.83. The van der Waals surface area contributed by atoms with Crippen LogP contribution in [0.2, 0.25) is 0 Å². The molecule has 1 unspecified atom stereocenters. The number of carbonyl (C=O) groups is 3. The van der Waals surface area contributed by atoms with Crippen LogP contribution in [0.5, 0.6) is 0 Å². The van der Waals surface area contributed by atoms with Gasteiger partial charge in [-0.3, -0.25) is 14.4 Å². The highest BCUT2D eigenvalue weighted by Gasteiger charge is 2.23. The fourth-order valence-corrected chi connectivity index (χ4v) is 2.02. The zero-order chi connectivity index (χ0) is 20.7. The van der Waals surface area contributed by atoms with Crippen molar-refractivity contribution in [3.8, 4) is 0 Å². The molecule has 7 heteroatoms. The second-order valence-electron chi connectivity index (χ2n) is 5.66. The van der Waals surface area contributed by atoms with Crippen LogP contribution in [0.25, 0.3) is 0 Å². The summed E-state index contributed by atoms with van der Waals surface area (Å²) in [6.45, 7) is 3.38. The largest absolute Gasteiger partial charge is 0.469 e. The van der Waals surface area contributed by atoms with Crippen LogP contribution in [0.4, 0.5) is 5.69 Å². The number of allylic oxidation sites excluding steroid dienone is 2. The van der Waals surface area contributed by atoms with E-state index < -0.39 is 17.9 Å². The molecular weight excluding hydrogens is 348 g/mol. The number of nitrogens with one attached hydrogen (secondary N) is 1. The predicted molar refractivity (Wildman–Crippen MR) is 105 cm³/mol. The van der Waals surface area contributed by atoms with Gasteiger partial charge < -0.3 is 20.5 Å². The first-order valence-electron chi connectivity index (χ1n) is 8.77. The molecule has 0 saturated carbocycles. The Morgan fingerprint density at radius 1 is 1.19 bits per heavy atom. The maximum Gasteiger partial charge on any atom is 0.302 e. The molecular formula is C20H30N2O5. The monoisotopic (exact) mass is 378 g/mol. The minimum Gasteiger partial charge on any atom is -0.469 e. The van der Waals surface area contributed by atoms with Crippen molar-refractivity contribution in [2.75, 3.05) is 19.5 Å². The highest BCUT2D eigenvalue weighted by Crippen LogP contribution is 2.11. The van der Waals surface area contributed by atoms with Gasteiger partial charge in [-0.15, -0.1) is 0 Å². The van der Waals surface area contributed by atoms with Gasteiger partial charge in [0.2, 0.25) is 6.10 Å². The first kappa shape index (κ1) is 24.3.